The molecule has 0 aliphatic carbocycles. The first-order valence-electron chi connectivity index (χ1n) is 8.75. The number of ether oxygens (including phenoxy) is 1. The summed E-state index contributed by atoms with van der Waals surface area (Å²) >= 11 is 0. The van der Waals surface area contributed by atoms with Crippen molar-refractivity contribution in [3.63, 3.8) is 0 Å². The minimum atomic E-state index is -0.492. The molecule has 0 aromatic heterocycles. The maximum Gasteiger partial charge on any atom is 0.338 e. The lowest BCUT2D eigenvalue weighted by Crippen LogP contribution is -2.36. The summed E-state index contributed by atoms with van der Waals surface area (Å²) in [5.74, 6) is -0.465. The third-order valence-corrected chi connectivity index (χ3v) is 4.25. The fraction of sp³-hybridized carbons (Fsp3) is 0.350. The number of carbonyl (C=O) groups excluding carboxylic acids is 1. The van der Waals surface area contributed by atoms with Gasteiger partial charge in [0.25, 0.3) is 5.69 Å². The van der Waals surface area contributed by atoms with Crippen molar-refractivity contribution in [2.75, 3.05) is 19.6 Å². The molecule has 2 aromatic rings. The molecule has 0 N–H and O–H groups in total. The van der Waals surface area contributed by atoms with E-state index >= 15 is 0 Å². The molecule has 0 radical (unpaired) electrons. The Morgan fingerprint density at radius 3 is 2.23 bits per heavy atom. The van der Waals surface area contributed by atoms with Gasteiger partial charge in [-0.05, 0) is 30.8 Å². The smallest absolute Gasteiger partial charge is 0.338 e. The van der Waals surface area contributed by atoms with Crippen LogP contribution in [0.1, 0.15) is 29.8 Å². The maximum atomic E-state index is 12.5. The zero-order chi connectivity index (χ0) is 18.9. The summed E-state index contributed by atoms with van der Waals surface area (Å²) in [6.45, 7) is 6.52. The number of nitro groups is 1. The summed E-state index contributed by atoms with van der Waals surface area (Å²) in [4.78, 5) is 24.9. The van der Waals surface area contributed by atoms with E-state index in [1.807, 2.05) is 30.3 Å². The van der Waals surface area contributed by atoms with Gasteiger partial charge in [-0.15, -0.1) is 0 Å². The summed E-state index contributed by atoms with van der Waals surface area (Å²) in [5.41, 5.74) is 1.36. The molecular formula is C20H24N2O4. The third kappa shape index (κ3) is 5.67. The second-order valence-corrected chi connectivity index (χ2v) is 6.01. The predicted molar refractivity (Wildman–Crippen MR) is 100 cm³/mol. The molecule has 0 spiro atoms. The zero-order valence-electron chi connectivity index (χ0n) is 15.1. The SMILES string of the molecule is CCN(CC)CC(Cc1ccccc1)OC(=O)c1ccc([N+](=O)[O-])cc1. The molecule has 1 atom stereocenters. The second-order valence-electron chi connectivity index (χ2n) is 6.01. The van der Waals surface area contributed by atoms with Crippen LogP contribution in [0, 0.1) is 10.1 Å². The van der Waals surface area contributed by atoms with E-state index in [4.69, 9.17) is 4.74 Å². The van der Waals surface area contributed by atoms with Gasteiger partial charge in [-0.3, -0.25) is 10.1 Å². The van der Waals surface area contributed by atoms with E-state index in [2.05, 4.69) is 18.7 Å². The Labute approximate surface area is 153 Å². The van der Waals surface area contributed by atoms with Gasteiger partial charge in [0.15, 0.2) is 0 Å². The molecule has 138 valence electrons. The first kappa shape index (κ1) is 19.6. The van der Waals surface area contributed by atoms with Crippen LogP contribution in [-0.2, 0) is 11.2 Å². The van der Waals surface area contributed by atoms with Crippen LogP contribution in [-0.4, -0.2) is 41.5 Å². The summed E-state index contributed by atoms with van der Waals surface area (Å²) in [7, 11) is 0. The quantitative estimate of drug-likeness (QED) is 0.389. The Hall–Kier alpha value is -2.73. The van der Waals surface area contributed by atoms with E-state index in [0.717, 1.165) is 18.7 Å². The van der Waals surface area contributed by atoms with Gasteiger partial charge < -0.3 is 9.64 Å². The molecule has 0 fully saturated rings. The van der Waals surface area contributed by atoms with E-state index in [1.54, 1.807) is 0 Å². The molecule has 2 rings (SSSR count). The lowest BCUT2D eigenvalue weighted by molar-refractivity contribution is -0.384. The van der Waals surface area contributed by atoms with E-state index < -0.39 is 10.9 Å². The predicted octanol–water partition coefficient (Wildman–Crippen LogP) is 3.70. The lowest BCUT2D eigenvalue weighted by atomic mass is 10.1. The van der Waals surface area contributed by atoms with Gasteiger partial charge in [0.05, 0.1) is 10.5 Å². The van der Waals surface area contributed by atoms with Crippen molar-refractivity contribution in [1.29, 1.82) is 0 Å². The van der Waals surface area contributed by atoms with Gasteiger partial charge >= 0.3 is 5.97 Å². The Morgan fingerprint density at radius 2 is 1.69 bits per heavy atom. The molecule has 2 aromatic carbocycles. The number of likely N-dealkylation sites (N-methyl/N-ethyl adjacent to an activating group) is 1. The first-order chi connectivity index (χ1) is 12.5. The van der Waals surface area contributed by atoms with Crippen LogP contribution in [0.25, 0.3) is 0 Å². The van der Waals surface area contributed by atoms with Crippen molar-refractivity contribution in [3.8, 4) is 0 Å². The van der Waals surface area contributed by atoms with E-state index in [-0.39, 0.29) is 11.8 Å². The van der Waals surface area contributed by atoms with E-state index in [0.29, 0.717) is 18.5 Å². The van der Waals surface area contributed by atoms with Crippen LogP contribution >= 0.6 is 0 Å². The molecular weight excluding hydrogens is 332 g/mol. The van der Waals surface area contributed by atoms with Crippen molar-refractivity contribution in [2.45, 2.75) is 26.4 Å². The highest BCUT2D eigenvalue weighted by atomic mass is 16.6. The first-order valence-corrected chi connectivity index (χ1v) is 8.75. The molecule has 0 aliphatic rings. The van der Waals surface area contributed by atoms with Crippen LogP contribution in [0.4, 0.5) is 5.69 Å². The molecule has 1 unspecified atom stereocenters. The normalized spacial score (nSPS) is 12.0. The fourth-order valence-electron chi connectivity index (χ4n) is 2.73. The Balaban J connectivity index is 2.10. The molecule has 0 saturated carbocycles. The van der Waals surface area contributed by atoms with Crippen LogP contribution in [0.2, 0.25) is 0 Å². The number of benzene rings is 2. The molecule has 0 aliphatic heterocycles. The monoisotopic (exact) mass is 356 g/mol. The summed E-state index contributed by atoms with van der Waals surface area (Å²) in [6.07, 6.45) is 0.329. The van der Waals surface area contributed by atoms with E-state index in [1.165, 1.54) is 24.3 Å². The number of carbonyl (C=O) groups is 1. The fourth-order valence-corrected chi connectivity index (χ4v) is 2.73. The number of non-ortho nitro benzene ring substituents is 1. The molecule has 0 bridgehead atoms. The number of hydrogen-bond acceptors (Lipinski definition) is 5. The van der Waals surface area contributed by atoms with Gasteiger partial charge in [-0.2, -0.15) is 0 Å². The summed E-state index contributed by atoms with van der Waals surface area (Å²) in [5, 5.41) is 10.7. The summed E-state index contributed by atoms with van der Waals surface area (Å²) in [6, 6.07) is 15.4. The molecule has 6 heteroatoms. The molecule has 6 nitrogen and oxygen atoms in total. The minimum Gasteiger partial charge on any atom is -0.457 e. The van der Waals surface area contributed by atoms with Gasteiger partial charge in [0.1, 0.15) is 6.10 Å². The standard InChI is InChI=1S/C20H24N2O4/c1-3-21(4-2)15-19(14-16-8-6-5-7-9-16)26-20(23)17-10-12-18(13-11-17)22(24)25/h5-13,19H,3-4,14-15H2,1-2H3. The number of esters is 1. The topological polar surface area (TPSA) is 72.7 Å². The number of hydrogen-bond donors (Lipinski definition) is 0. The third-order valence-electron chi connectivity index (χ3n) is 4.25. The van der Waals surface area contributed by atoms with Crippen LogP contribution in [0.5, 0.6) is 0 Å². The zero-order valence-corrected chi connectivity index (χ0v) is 15.1. The highest BCUT2D eigenvalue weighted by Crippen LogP contribution is 2.15. The van der Waals surface area contributed by atoms with Gasteiger partial charge in [0.2, 0.25) is 0 Å². The number of rotatable bonds is 9. The minimum absolute atomic E-state index is 0.0504. The van der Waals surface area contributed by atoms with Gasteiger partial charge in [-0.1, -0.05) is 44.2 Å². The lowest BCUT2D eigenvalue weighted by Gasteiger charge is -2.25. The molecule has 0 heterocycles. The van der Waals surface area contributed by atoms with Crippen molar-refractivity contribution >= 4 is 11.7 Å². The van der Waals surface area contributed by atoms with Crippen molar-refractivity contribution < 1.29 is 14.5 Å². The Morgan fingerprint density at radius 1 is 1.08 bits per heavy atom. The van der Waals surface area contributed by atoms with Crippen molar-refractivity contribution in [2.24, 2.45) is 0 Å². The molecule has 26 heavy (non-hydrogen) atoms. The van der Waals surface area contributed by atoms with Crippen molar-refractivity contribution in [1.82, 2.24) is 4.90 Å². The van der Waals surface area contributed by atoms with Crippen LogP contribution < -0.4 is 0 Å². The largest absolute Gasteiger partial charge is 0.457 e. The highest BCUT2D eigenvalue weighted by molar-refractivity contribution is 5.89. The average molecular weight is 356 g/mol. The second kappa shape index (κ2) is 9.68. The van der Waals surface area contributed by atoms with Crippen molar-refractivity contribution in [3.05, 3.63) is 75.8 Å². The van der Waals surface area contributed by atoms with Gasteiger partial charge in [0, 0.05) is 25.1 Å². The Bertz CT molecular complexity index is 712. The van der Waals surface area contributed by atoms with E-state index in [9.17, 15) is 14.9 Å². The number of nitro benzene ring substituents is 1. The maximum absolute atomic E-state index is 12.5. The highest BCUT2D eigenvalue weighted by Gasteiger charge is 2.19. The number of nitrogens with zero attached hydrogens (tertiary/aromatic N) is 2. The summed E-state index contributed by atoms with van der Waals surface area (Å²) < 4.78 is 5.72. The molecule has 0 saturated heterocycles. The molecule has 0 amide bonds. The average Bonchev–Trinajstić information content (AvgIpc) is 2.66. The van der Waals surface area contributed by atoms with Gasteiger partial charge in [-0.25, -0.2) is 4.79 Å². The van der Waals surface area contributed by atoms with Crippen LogP contribution in [0.3, 0.4) is 0 Å². The van der Waals surface area contributed by atoms with Crippen LogP contribution in [0.15, 0.2) is 54.6 Å². The Kier molecular flexibility index (Phi) is 7.29.